The molecule has 0 amide bonds. The summed E-state index contributed by atoms with van der Waals surface area (Å²) in [4.78, 5) is 0. The van der Waals surface area contributed by atoms with E-state index in [9.17, 15) is 0 Å². The Hall–Kier alpha value is -2.20. The molecular weight excluding hydrogens is 360 g/mol. The molecule has 1 atom stereocenters. The van der Waals surface area contributed by atoms with Gasteiger partial charge in [-0.25, -0.2) is 5.01 Å². The van der Waals surface area contributed by atoms with Crippen LogP contribution >= 0.6 is 11.6 Å². The van der Waals surface area contributed by atoms with Gasteiger partial charge in [0.25, 0.3) is 0 Å². The van der Waals surface area contributed by atoms with E-state index in [0.29, 0.717) is 0 Å². The smallest absolute Gasteiger partial charge is 0.198 e. The van der Waals surface area contributed by atoms with E-state index in [4.69, 9.17) is 26.2 Å². The van der Waals surface area contributed by atoms with Gasteiger partial charge in [0, 0.05) is 35.4 Å². The number of benzene rings is 2. The Balaban J connectivity index is 1.59. The summed E-state index contributed by atoms with van der Waals surface area (Å²) >= 11 is 6.31. The van der Waals surface area contributed by atoms with Gasteiger partial charge >= 0.3 is 0 Å². The minimum Gasteiger partial charge on any atom is -0.497 e. The fourth-order valence-corrected chi connectivity index (χ4v) is 4.85. The van der Waals surface area contributed by atoms with Crippen molar-refractivity contribution in [2.75, 3.05) is 7.11 Å². The number of nitrogens with zero attached hydrogens (tertiary/aromatic N) is 2. The first-order valence-corrected chi connectivity index (χ1v) is 10.1. The van der Waals surface area contributed by atoms with Crippen molar-refractivity contribution in [1.29, 1.82) is 0 Å². The Labute approximate surface area is 164 Å². The molecule has 3 aliphatic rings. The maximum Gasteiger partial charge on any atom is 0.198 e. The number of hydrogen-bond acceptors (Lipinski definition) is 4. The molecule has 2 aromatic rings. The molecule has 27 heavy (non-hydrogen) atoms. The minimum atomic E-state index is -0.329. The van der Waals surface area contributed by atoms with Crippen LogP contribution in [0.4, 0.5) is 0 Å². The van der Waals surface area contributed by atoms with Crippen molar-refractivity contribution in [2.24, 2.45) is 5.10 Å². The summed E-state index contributed by atoms with van der Waals surface area (Å²) in [5, 5.41) is 8.07. The molecule has 0 N–H and O–H groups in total. The Kier molecular flexibility index (Phi) is 4.05. The average Bonchev–Trinajstić information content (AvgIpc) is 3.17. The van der Waals surface area contributed by atoms with Gasteiger partial charge in [0.15, 0.2) is 5.72 Å². The summed E-state index contributed by atoms with van der Waals surface area (Å²) in [5.41, 5.74) is 3.00. The highest BCUT2D eigenvalue weighted by molar-refractivity contribution is 6.30. The van der Waals surface area contributed by atoms with E-state index < -0.39 is 0 Å². The molecule has 0 saturated heterocycles. The number of rotatable bonds is 2. The molecule has 0 aromatic heterocycles. The second-order valence-electron chi connectivity index (χ2n) is 7.63. The molecule has 140 valence electrons. The van der Waals surface area contributed by atoms with Gasteiger partial charge in [-0.1, -0.05) is 30.2 Å². The fraction of sp³-hybridized carbons (Fsp3) is 0.409. The van der Waals surface area contributed by atoms with Gasteiger partial charge in [-0.3, -0.25) is 0 Å². The van der Waals surface area contributed by atoms with Crippen LogP contribution in [0.15, 0.2) is 47.6 Å². The Morgan fingerprint density at radius 3 is 2.81 bits per heavy atom. The van der Waals surface area contributed by atoms with Crippen LogP contribution in [0.5, 0.6) is 11.5 Å². The predicted octanol–water partition coefficient (Wildman–Crippen LogP) is 5.55. The molecule has 1 fully saturated rings. The van der Waals surface area contributed by atoms with Gasteiger partial charge in [0.1, 0.15) is 11.5 Å². The molecule has 5 rings (SSSR count). The van der Waals surface area contributed by atoms with E-state index in [-0.39, 0.29) is 11.8 Å². The Morgan fingerprint density at radius 1 is 1.15 bits per heavy atom. The predicted molar refractivity (Wildman–Crippen MR) is 107 cm³/mol. The highest BCUT2D eigenvalue weighted by atomic mass is 35.5. The molecule has 1 spiro atoms. The Morgan fingerprint density at radius 2 is 2.00 bits per heavy atom. The molecule has 2 aliphatic heterocycles. The third-order valence-corrected chi connectivity index (χ3v) is 6.23. The van der Waals surface area contributed by atoms with Gasteiger partial charge in [0.05, 0.1) is 18.9 Å². The first-order chi connectivity index (χ1) is 13.2. The molecule has 2 aromatic carbocycles. The maximum absolute atomic E-state index is 6.59. The quantitative estimate of drug-likeness (QED) is 0.682. The van der Waals surface area contributed by atoms with E-state index in [0.717, 1.165) is 52.6 Å². The van der Waals surface area contributed by atoms with E-state index in [1.54, 1.807) is 7.11 Å². The first-order valence-electron chi connectivity index (χ1n) is 9.68. The molecular formula is C22H23ClN2O2. The van der Waals surface area contributed by atoms with E-state index in [1.807, 2.05) is 30.3 Å². The van der Waals surface area contributed by atoms with Crippen molar-refractivity contribution in [3.8, 4) is 11.5 Å². The van der Waals surface area contributed by atoms with Crippen LogP contribution in [0.25, 0.3) is 0 Å². The minimum absolute atomic E-state index is 0.173. The largest absolute Gasteiger partial charge is 0.497 e. The SMILES string of the molecule is COc1cccc(C2=NN3[C@@H](C2)c2cc(Cl)ccc2OC32CCCCC2)c1. The number of halogens is 1. The number of hydrazone groups is 1. The van der Waals surface area contributed by atoms with Gasteiger partial charge in [-0.15, -0.1) is 0 Å². The fourth-order valence-electron chi connectivity index (χ4n) is 4.66. The summed E-state index contributed by atoms with van der Waals surface area (Å²) in [6, 6.07) is 14.3. The zero-order valence-corrected chi connectivity index (χ0v) is 16.2. The lowest BCUT2D eigenvalue weighted by atomic mass is 9.86. The van der Waals surface area contributed by atoms with Gasteiger partial charge < -0.3 is 9.47 Å². The standard InChI is InChI=1S/C22H23ClN2O2/c1-26-17-7-5-6-15(12-17)19-14-20-18-13-16(23)8-9-21(18)27-22(25(20)24-19)10-3-2-4-11-22/h5-9,12-13,20H,2-4,10-11,14H2,1H3/t20-/m0/s1. The zero-order valence-electron chi connectivity index (χ0n) is 15.5. The highest BCUT2D eigenvalue weighted by Gasteiger charge is 2.50. The molecule has 5 heteroatoms. The third kappa shape index (κ3) is 2.78. The molecule has 0 radical (unpaired) electrons. The van der Waals surface area contributed by atoms with Crippen molar-refractivity contribution in [1.82, 2.24) is 5.01 Å². The van der Waals surface area contributed by atoms with Crippen LogP contribution in [-0.4, -0.2) is 23.6 Å². The zero-order chi connectivity index (χ0) is 18.4. The van der Waals surface area contributed by atoms with Crippen molar-refractivity contribution >= 4 is 17.3 Å². The lowest BCUT2D eigenvalue weighted by Crippen LogP contribution is -2.54. The van der Waals surface area contributed by atoms with Gasteiger partial charge in [0.2, 0.25) is 0 Å². The molecule has 0 bridgehead atoms. The van der Waals surface area contributed by atoms with Gasteiger partial charge in [-0.2, -0.15) is 5.10 Å². The van der Waals surface area contributed by atoms with Crippen LogP contribution in [0, 0.1) is 0 Å². The second-order valence-corrected chi connectivity index (χ2v) is 8.07. The number of ether oxygens (including phenoxy) is 2. The van der Waals surface area contributed by atoms with E-state index in [1.165, 1.54) is 19.3 Å². The molecule has 1 saturated carbocycles. The van der Waals surface area contributed by atoms with Crippen LogP contribution in [0.2, 0.25) is 5.02 Å². The van der Waals surface area contributed by atoms with Crippen LogP contribution in [-0.2, 0) is 0 Å². The number of fused-ring (bicyclic) bond motifs is 4. The van der Waals surface area contributed by atoms with Gasteiger partial charge in [-0.05, 0) is 43.2 Å². The normalized spacial score (nSPS) is 22.7. The summed E-state index contributed by atoms with van der Waals surface area (Å²) in [5.74, 6) is 1.82. The summed E-state index contributed by atoms with van der Waals surface area (Å²) in [6.07, 6.45) is 6.50. The molecule has 4 nitrogen and oxygen atoms in total. The van der Waals surface area contributed by atoms with Crippen molar-refractivity contribution < 1.29 is 9.47 Å². The number of hydrogen-bond donors (Lipinski definition) is 0. The van der Waals surface area contributed by atoms with Crippen LogP contribution in [0.3, 0.4) is 0 Å². The van der Waals surface area contributed by atoms with Crippen LogP contribution < -0.4 is 9.47 Å². The maximum atomic E-state index is 6.59. The lowest BCUT2D eigenvalue weighted by molar-refractivity contribution is -0.140. The van der Waals surface area contributed by atoms with Crippen molar-refractivity contribution in [3.63, 3.8) is 0 Å². The van der Waals surface area contributed by atoms with Crippen molar-refractivity contribution in [3.05, 3.63) is 58.6 Å². The molecule has 1 aliphatic carbocycles. The van der Waals surface area contributed by atoms with Crippen molar-refractivity contribution in [2.45, 2.75) is 50.3 Å². The van der Waals surface area contributed by atoms with E-state index >= 15 is 0 Å². The monoisotopic (exact) mass is 382 g/mol. The topological polar surface area (TPSA) is 34.1 Å². The lowest BCUT2D eigenvalue weighted by Gasteiger charge is -2.49. The number of methoxy groups -OCH3 is 1. The van der Waals surface area contributed by atoms with Crippen LogP contribution in [0.1, 0.15) is 55.7 Å². The Bertz CT molecular complexity index is 905. The molecule has 2 heterocycles. The summed E-state index contributed by atoms with van der Waals surface area (Å²) in [7, 11) is 1.70. The summed E-state index contributed by atoms with van der Waals surface area (Å²) < 4.78 is 12.0. The molecule has 0 unspecified atom stereocenters. The van der Waals surface area contributed by atoms with E-state index in [2.05, 4.69) is 17.1 Å². The third-order valence-electron chi connectivity index (χ3n) is 6.00. The summed E-state index contributed by atoms with van der Waals surface area (Å²) in [6.45, 7) is 0. The average molecular weight is 383 g/mol. The second kappa shape index (κ2) is 6.45. The highest BCUT2D eigenvalue weighted by Crippen LogP contribution is 2.51. The first kappa shape index (κ1) is 16.9.